The highest BCUT2D eigenvalue weighted by atomic mass is 16.6. The Morgan fingerprint density at radius 2 is 2.07 bits per heavy atom. The van der Waals surface area contributed by atoms with Crippen molar-refractivity contribution in [2.75, 3.05) is 25.1 Å². The van der Waals surface area contributed by atoms with Gasteiger partial charge in [0.1, 0.15) is 0 Å². The van der Waals surface area contributed by atoms with Crippen LogP contribution in [0.4, 0.5) is 11.4 Å². The predicted molar refractivity (Wildman–Crippen MR) is 98.5 cm³/mol. The first-order valence-corrected chi connectivity index (χ1v) is 9.02. The topological polar surface area (TPSA) is 131 Å². The number of rotatable bonds is 8. The first kappa shape index (κ1) is 20.6. The van der Waals surface area contributed by atoms with Crippen LogP contribution >= 0.6 is 0 Å². The maximum Gasteiger partial charge on any atom is 0.341 e. The summed E-state index contributed by atoms with van der Waals surface area (Å²) in [6.45, 7) is 1.62. The fourth-order valence-electron chi connectivity index (χ4n) is 3.15. The van der Waals surface area contributed by atoms with Crippen LogP contribution in [0.15, 0.2) is 18.2 Å². The third kappa shape index (κ3) is 5.92. The number of carbonyl (C=O) groups excluding carboxylic acids is 2. The van der Waals surface area contributed by atoms with E-state index in [9.17, 15) is 19.7 Å². The van der Waals surface area contributed by atoms with E-state index in [0.717, 1.165) is 31.7 Å². The summed E-state index contributed by atoms with van der Waals surface area (Å²) in [5, 5.41) is 25.5. The molecule has 0 aliphatic heterocycles. The van der Waals surface area contributed by atoms with Gasteiger partial charge >= 0.3 is 5.97 Å². The van der Waals surface area contributed by atoms with Crippen LogP contribution in [0.25, 0.3) is 0 Å². The van der Waals surface area contributed by atoms with Crippen molar-refractivity contribution in [3.8, 4) is 0 Å². The molecule has 0 bridgehead atoms. The minimum absolute atomic E-state index is 0.0588. The lowest BCUT2D eigenvalue weighted by Gasteiger charge is -2.29. The fourth-order valence-corrected chi connectivity index (χ4v) is 3.15. The molecule has 2 unspecified atom stereocenters. The molecule has 0 saturated heterocycles. The Hall–Kier alpha value is -2.68. The van der Waals surface area contributed by atoms with Gasteiger partial charge in [0, 0.05) is 30.4 Å². The van der Waals surface area contributed by atoms with Gasteiger partial charge in [-0.3, -0.25) is 14.9 Å². The van der Waals surface area contributed by atoms with Gasteiger partial charge in [-0.15, -0.1) is 0 Å². The first-order valence-electron chi connectivity index (χ1n) is 9.02. The third-order valence-electron chi connectivity index (χ3n) is 4.65. The molecule has 3 N–H and O–H groups in total. The van der Waals surface area contributed by atoms with Gasteiger partial charge in [0.25, 0.3) is 11.6 Å². The molecule has 1 saturated carbocycles. The van der Waals surface area contributed by atoms with Gasteiger partial charge in [0.2, 0.25) is 0 Å². The van der Waals surface area contributed by atoms with Crippen LogP contribution in [0, 0.1) is 16.0 Å². The summed E-state index contributed by atoms with van der Waals surface area (Å²) in [6, 6.07) is 3.77. The zero-order chi connectivity index (χ0) is 19.8. The Morgan fingerprint density at radius 1 is 1.33 bits per heavy atom. The van der Waals surface area contributed by atoms with Crippen molar-refractivity contribution in [2.45, 2.75) is 38.6 Å². The van der Waals surface area contributed by atoms with Gasteiger partial charge < -0.3 is 20.5 Å². The van der Waals surface area contributed by atoms with Crippen LogP contribution in [-0.4, -0.2) is 47.7 Å². The summed E-state index contributed by atoms with van der Waals surface area (Å²) in [5.41, 5.74) is -0.0329. The molecule has 0 radical (unpaired) electrons. The standard InChI is InChI=1S/C18H25N3O6/c1-12-4-2-3-5-15(12)20-17(23)11-27-18(24)14-10-13(21(25)26)6-7-16(14)19-8-9-22/h6-7,10,12,15,19,22H,2-5,8-9,11H2,1H3,(H,20,23). The highest BCUT2D eigenvalue weighted by Gasteiger charge is 2.24. The molecule has 9 nitrogen and oxygen atoms in total. The summed E-state index contributed by atoms with van der Waals surface area (Å²) in [5.74, 6) is -0.854. The number of anilines is 1. The second-order valence-electron chi connectivity index (χ2n) is 6.65. The van der Waals surface area contributed by atoms with Crippen molar-refractivity contribution in [3.05, 3.63) is 33.9 Å². The van der Waals surface area contributed by atoms with Crippen molar-refractivity contribution in [3.63, 3.8) is 0 Å². The van der Waals surface area contributed by atoms with Crippen LogP contribution in [0.5, 0.6) is 0 Å². The number of nitro benzene ring substituents is 1. The predicted octanol–water partition coefficient (Wildman–Crippen LogP) is 1.85. The van der Waals surface area contributed by atoms with Gasteiger partial charge in [-0.25, -0.2) is 4.79 Å². The maximum absolute atomic E-state index is 12.3. The molecule has 1 aromatic carbocycles. The number of esters is 1. The Balaban J connectivity index is 1.99. The minimum atomic E-state index is -0.842. The summed E-state index contributed by atoms with van der Waals surface area (Å²) >= 11 is 0. The molecule has 1 amide bonds. The van der Waals surface area contributed by atoms with Crippen LogP contribution in [0.1, 0.15) is 43.0 Å². The van der Waals surface area contributed by atoms with E-state index < -0.39 is 23.4 Å². The van der Waals surface area contributed by atoms with Crippen molar-refractivity contribution in [1.29, 1.82) is 0 Å². The number of non-ortho nitro benzene ring substituents is 1. The van der Waals surface area contributed by atoms with Crippen LogP contribution < -0.4 is 10.6 Å². The molecular weight excluding hydrogens is 354 g/mol. The Kier molecular flexibility index (Phi) is 7.54. The van der Waals surface area contributed by atoms with E-state index in [1.807, 2.05) is 0 Å². The van der Waals surface area contributed by atoms with Gasteiger partial charge in [0.05, 0.1) is 17.1 Å². The lowest BCUT2D eigenvalue weighted by molar-refractivity contribution is -0.384. The minimum Gasteiger partial charge on any atom is -0.452 e. The first-order chi connectivity index (χ1) is 12.9. The van der Waals surface area contributed by atoms with Gasteiger partial charge in [-0.05, 0) is 24.8 Å². The average Bonchev–Trinajstić information content (AvgIpc) is 2.66. The van der Waals surface area contributed by atoms with Crippen molar-refractivity contribution < 1.29 is 24.4 Å². The van der Waals surface area contributed by atoms with Gasteiger partial charge in [0.15, 0.2) is 6.61 Å². The molecule has 0 aromatic heterocycles. The van der Waals surface area contributed by atoms with Gasteiger partial charge in [-0.2, -0.15) is 0 Å². The lowest BCUT2D eigenvalue weighted by Crippen LogP contribution is -2.42. The van der Waals surface area contributed by atoms with E-state index in [2.05, 4.69) is 17.6 Å². The molecule has 2 rings (SSSR count). The molecule has 148 valence electrons. The van der Waals surface area contributed by atoms with Crippen LogP contribution in [-0.2, 0) is 9.53 Å². The molecule has 0 heterocycles. The number of benzene rings is 1. The van der Waals surface area contributed by atoms with E-state index in [1.54, 1.807) is 0 Å². The quantitative estimate of drug-likeness (QED) is 0.357. The number of aliphatic hydroxyl groups excluding tert-OH is 1. The second kappa shape index (κ2) is 9.86. The monoisotopic (exact) mass is 379 g/mol. The Bertz CT molecular complexity index is 694. The molecule has 9 heteroatoms. The maximum atomic E-state index is 12.3. The number of hydrogen-bond donors (Lipinski definition) is 3. The van der Waals surface area contributed by atoms with Crippen molar-refractivity contribution in [2.24, 2.45) is 5.92 Å². The SMILES string of the molecule is CC1CCCCC1NC(=O)COC(=O)c1cc([N+](=O)[O-])ccc1NCCO. The molecule has 1 aliphatic rings. The van der Waals surface area contributed by atoms with Crippen LogP contribution in [0.2, 0.25) is 0 Å². The molecule has 1 fully saturated rings. The largest absolute Gasteiger partial charge is 0.452 e. The number of amides is 1. The third-order valence-corrected chi connectivity index (χ3v) is 4.65. The summed E-state index contributed by atoms with van der Waals surface area (Å²) < 4.78 is 5.05. The fraction of sp³-hybridized carbons (Fsp3) is 0.556. The van der Waals surface area contributed by atoms with E-state index in [4.69, 9.17) is 9.84 Å². The highest BCUT2D eigenvalue weighted by molar-refractivity contribution is 5.97. The number of aliphatic hydroxyl groups is 1. The zero-order valence-electron chi connectivity index (χ0n) is 15.3. The number of hydrogen-bond acceptors (Lipinski definition) is 7. The normalized spacial score (nSPS) is 19.2. The smallest absolute Gasteiger partial charge is 0.341 e. The molecule has 1 aliphatic carbocycles. The molecule has 2 atom stereocenters. The second-order valence-corrected chi connectivity index (χ2v) is 6.65. The summed E-state index contributed by atoms with van der Waals surface area (Å²) in [7, 11) is 0. The van der Waals surface area contributed by atoms with Gasteiger partial charge in [-0.1, -0.05) is 19.8 Å². The van der Waals surface area contributed by atoms with E-state index >= 15 is 0 Å². The zero-order valence-corrected chi connectivity index (χ0v) is 15.3. The van der Waals surface area contributed by atoms with Crippen molar-refractivity contribution in [1.82, 2.24) is 5.32 Å². The van der Waals surface area contributed by atoms with E-state index in [1.165, 1.54) is 12.1 Å². The van der Waals surface area contributed by atoms with Crippen LogP contribution in [0.3, 0.4) is 0 Å². The average molecular weight is 379 g/mol. The summed E-state index contributed by atoms with van der Waals surface area (Å²) in [6.07, 6.45) is 4.17. The van der Waals surface area contributed by atoms with Crippen molar-refractivity contribution >= 4 is 23.3 Å². The number of nitrogens with zero attached hydrogens (tertiary/aromatic N) is 1. The highest BCUT2D eigenvalue weighted by Crippen LogP contribution is 2.24. The molecular formula is C18H25N3O6. The molecule has 0 spiro atoms. The number of nitro groups is 1. The molecule has 27 heavy (non-hydrogen) atoms. The summed E-state index contributed by atoms with van der Waals surface area (Å²) in [4.78, 5) is 34.7. The lowest BCUT2D eigenvalue weighted by atomic mass is 9.86. The number of carbonyl (C=O) groups is 2. The van der Waals surface area contributed by atoms with E-state index in [0.29, 0.717) is 11.6 Å². The van der Waals surface area contributed by atoms with E-state index in [-0.39, 0.29) is 30.4 Å². The Labute approximate surface area is 157 Å². The molecule has 1 aromatic rings. The number of ether oxygens (including phenoxy) is 1. The number of nitrogens with one attached hydrogen (secondary N) is 2. The Morgan fingerprint density at radius 3 is 2.74 bits per heavy atom.